The monoisotopic (exact) mass is 212 g/mol. The molecular formula is C10H20N4O. The van der Waals surface area contributed by atoms with Gasteiger partial charge in [0.2, 0.25) is 0 Å². The van der Waals surface area contributed by atoms with Crippen molar-refractivity contribution in [1.82, 2.24) is 14.8 Å². The Labute approximate surface area is 90.6 Å². The van der Waals surface area contributed by atoms with E-state index in [1.165, 1.54) is 0 Å². The van der Waals surface area contributed by atoms with Gasteiger partial charge in [-0.05, 0) is 5.41 Å². The molecule has 2 N–H and O–H groups in total. The van der Waals surface area contributed by atoms with Gasteiger partial charge in [0.1, 0.15) is 12.2 Å². The van der Waals surface area contributed by atoms with Gasteiger partial charge in [-0.15, -0.1) is 10.2 Å². The smallest absolute Gasteiger partial charge is 0.150 e. The normalized spacial score (nSPS) is 14.2. The number of methoxy groups -OCH3 is 1. The van der Waals surface area contributed by atoms with Crippen molar-refractivity contribution in [2.75, 3.05) is 13.7 Å². The zero-order chi connectivity index (χ0) is 11.5. The molecule has 1 aromatic heterocycles. The minimum Gasteiger partial charge on any atom is -0.383 e. The van der Waals surface area contributed by atoms with Crippen molar-refractivity contribution in [2.45, 2.75) is 33.4 Å². The predicted octanol–water partition coefficient (Wildman–Crippen LogP) is 0.970. The molecule has 0 aliphatic heterocycles. The summed E-state index contributed by atoms with van der Waals surface area (Å²) in [5.74, 6) is 0.819. The molecule has 1 unspecified atom stereocenters. The van der Waals surface area contributed by atoms with Crippen LogP contribution >= 0.6 is 0 Å². The summed E-state index contributed by atoms with van der Waals surface area (Å²) in [5, 5.41) is 7.95. The molecule has 0 bridgehead atoms. The van der Waals surface area contributed by atoms with Gasteiger partial charge in [-0.1, -0.05) is 20.8 Å². The van der Waals surface area contributed by atoms with Gasteiger partial charge in [0, 0.05) is 13.7 Å². The fourth-order valence-electron chi connectivity index (χ4n) is 1.25. The number of aromatic nitrogens is 3. The molecule has 0 saturated carbocycles. The van der Waals surface area contributed by atoms with Crippen LogP contribution in [0, 0.1) is 5.41 Å². The lowest BCUT2D eigenvalue weighted by atomic mass is 9.87. The first-order valence-electron chi connectivity index (χ1n) is 5.09. The van der Waals surface area contributed by atoms with Crippen LogP contribution in [0.3, 0.4) is 0 Å². The number of nitrogens with zero attached hydrogens (tertiary/aromatic N) is 3. The zero-order valence-corrected chi connectivity index (χ0v) is 9.90. The first-order chi connectivity index (χ1) is 6.96. The largest absolute Gasteiger partial charge is 0.383 e. The van der Waals surface area contributed by atoms with Gasteiger partial charge in [0.15, 0.2) is 0 Å². The summed E-state index contributed by atoms with van der Waals surface area (Å²) in [5.41, 5.74) is 6.11. The molecule has 0 spiro atoms. The second-order valence-electron chi connectivity index (χ2n) is 4.72. The zero-order valence-electron chi connectivity index (χ0n) is 9.90. The summed E-state index contributed by atoms with van der Waals surface area (Å²) in [6.07, 6.45) is 1.69. The van der Waals surface area contributed by atoms with E-state index in [9.17, 15) is 0 Å². The van der Waals surface area contributed by atoms with Gasteiger partial charge >= 0.3 is 0 Å². The van der Waals surface area contributed by atoms with Crippen LogP contribution in [0.5, 0.6) is 0 Å². The van der Waals surface area contributed by atoms with Crippen molar-refractivity contribution >= 4 is 0 Å². The van der Waals surface area contributed by atoms with Crippen LogP contribution in [0.4, 0.5) is 0 Å². The van der Waals surface area contributed by atoms with Gasteiger partial charge in [0.25, 0.3) is 0 Å². The SMILES string of the molecule is COCCn1cnnc1C(N)C(C)(C)C. The molecule has 0 aliphatic rings. The molecule has 15 heavy (non-hydrogen) atoms. The maximum atomic E-state index is 6.12. The number of ether oxygens (including phenoxy) is 1. The van der Waals surface area contributed by atoms with Crippen molar-refractivity contribution in [3.05, 3.63) is 12.2 Å². The second kappa shape index (κ2) is 4.72. The van der Waals surface area contributed by atoms with E-state index in [0.717, 1.165) is 12.4 Å². The minimum atomic E-state index is -0.114. The highest BCUT2D eigenvalue weighted by Gasteiger charge is 2.26. The van der Waals surface area contributed by atoms with Crippen molar-refractivity contribution in [1.29, 1.82) is 0 Å². The van der Waals surface area contributed by atoms with Crippen LogP contribution in [0.1, 0.15) is 32.6 Å². The third kappa shape index (κ3) is 3.00. The molecular weight excluding hydrogens is 192 g/mol. The summed E-state index contributed by atoms with van der Waals surface area (Å²) >= 11 is 0. The molecule has 0 fully saturated rings. The van der Waals surface area contributed by atoms with E-state index in [1.807, 2.05) is 4.57 Å². The third-order valence-electron chi connectivity index (χ3n) is 2.39. The van der Waals surface area contributed by atoms with Gasteiger partial charge in [-0.25, -0.2) is 0 Å². The van der Waals surface area contributed by atoms with Crippen molar-refractivity contribution in [3.8, 4) is 0 Å². The first kappa shape index (κ1) is 12.1. The quantitative estimate of drug-likeness (QED) is 0.807. The lowest BCUT2D eigenvalue weighted by Gasteiger charge is -2.26. The van der Waals surface area contributed by atoms with Gasteiger partial charge in [-0.3, -0.25) is 0 Å². The number of hydrogen-bond donors (Lipinski definition) is 1. The molecule has 5 heteroatoms. The Balaban J connectivity index is 2.80. The standard InChI is InChI=1S/C10H20N4O/c1-10(2,3)8(11)9-13-12-7-14(9)5-6-15-4/h7-8H,5-6,11H2,1-4H3. The van der Waals surface area contributed by atoms with Crippen molar-refractivity contribution in [2.24, 2.45) is 11.1 Å². The molecule has 0 amide bonds. The highest BCUT2D eigenvalue weighted by Crippen LogP contribution is 2.28. The molecule has 1 heterocycles. The summed E-state index contributed by atoms with van der Waals surface area (Å²) in [4.78, 5) is 0. The lowest BCUT2D eigenvalue weighted by molar-refractivity contribution is 0.184. The minimum absolute atomic E-state index is 0.0160. The van der Waals surface area contributed by atoms with Crippen LogP contribution in [0.15, 0.2) is 6.33 Å². The second-order valence-corrected chi connectivity index (χ2v) is 4.72. The van der Waals surface area contributed by atoms with Crippen LogP contribution in [0.25, 0.3) is 0 Å². The maximum Gasteiger partial charge on any atom is 0.150 e. The van der Waals surface area contributed by atoms with E-state index in [2.05, 4.69) is 31.0 Å². The number of nitrogens with two attached hydrogens (primary N) is 1. The Morgan fingerprint density at radius 1 is 1.53 bits per heavy atom. The van der Waals surface area contributed by atoms with E-state index in [0.29, 0.717) is 6.61 Å². The Morgan fingerprint density at radius 3 is 2.73 bits per heavy atom. The highest BCUT2D eigenvalue weighted by molar-refractivity contribution is 4.98. The van der Waals surface area contributed by atoms with Gasteiger partial charge in [-0.2, -0.15) is 0 Å². The Hall–Kier alpha value is -0.940. The van der Waals surface area contributed by atoms with E-state index in [-0.39, 0.29) is 11.5 Å². The van der Waals surface area contributed by atoms with Crippen LogP contribution in [0.2, 0.25) is 0 Å². The van der Waals surface area contributed by atoms with E-state index in [4.69, 9.17) is 10.5 Å². The molecule has 86 valence electrons. The summed E-state index contributed by atoms with van der Waals surface area (Å²) < 4.78 is 6.96. The number of rotatable bonds is 4. The Bertz CT molecular complexity index is 303. The van der Waals surface area contributed by atoms with Crippen LogP contribution in [-0.2, 0) is 11.3 Å². The Kier molecular flexibility index (Phi) is 3.82. The molecule has 0 saturated heterocycles. The molecule has 1 rings (SSSR count). The fraction of sp³-hybridized carbons (Fsp3) is 0.800. The van der Waals surface area contributed by atoms with Gasteiger partial charge in [0.05, 0.1) is 12.6 Å². The average Bonchev–Trinajstić information content (AvgIpc) is 2.59. The van der Waals surface area contributed by atoms with Gasteiger partial charge < -0.3 is 15.0 Å². The summed E-state index contributed by atoms with van der Waals surface area (Å²) in [6.45, 7) is 7.65. The molecule has 5 nitrogen and oxygen atoms in total. The van der Waals surface area contributed by atoms with Crippen LogP contribution < -0.4 is 5.73 Å². The number of hydrogen-bond acceptors (Lipinski definition) is 4. The topological polar surface area (TPSA) is 66.0 Å². The lowest BCUT2D eigenvalue weighted by Crippen LogP contribution is -2.29. The predicted molar refractivity (Wildman–Crippen MR) is 58.3 cm³/mol. The highest BCUT2D eigenvalue weighted by atomic mass is 16.5. The van der Waals surface area contributed by atoms with E-state index in [1.54, 1.807) is 13.4 Å². The Morgan fingerprint density at radius 2 is 2.20 bits per heavy atom. The molecule has 0 aliphatic carbocycles. The van der Waals surface area contributed by atoms with Crippen molar-refractivity contribution in [3.63, 3.8) is 0 Å². The fourth-order valence-corrected chi connectivity index (χ4v) is 1.25. The maximum absolute atomic E-state index is 6.12. The summed E-state index contributed by atoms with van der Waals surface area (Å²) in [7, 11) is 1.67. The molecule has 0 aromatic carbocycles. The summed E-state index contributed by atoms with van der Waals surface area (Å²) in [6, 6.07) is -0.114. The molecule has 1 aromatic rings. The molecule has 0 radical (unpaired) electrons. The first-order valence-corrected chi connectivity index (χ1v) is 5.09. The third-order valence-corrected chi connectivity index (χ3v) is 2.39. The van der Waals surface area contributed by atoms with E-state index >= 15 is 0 Å². The molecule has 1 atom stereocenters. The average molecular weight is 212 g/mol. The van der Waals surface area contributed by atoms with E-state index < -0.39 is 0 Å². The van der Waals surface area contributed by atoms with Crippen molar-refractivity contribution < 1.29 is 4.74 Å². The van der Waals surface area contributed by atoms with Crippen LogP contribution in [-0.4, -0.2) is 28.5 Å².